The Labute approximate surface area is 141 Å². The van der Waals surface area contributed by atoms with Crippen molar-refractivity contribution in [2.24, 2.45) is 5.73 Å². The van der Waals surface area contributed by atoms with E-state index in [1.54, 1.807) is 0 Å². The molecule has 0 amide bonds. The van der Waals surface area contributed by atoms with Gasteiger partial charge >= 0.3 is 5.97 Å². The van der Waals surface area contributed by atoms with E-state index in [-0.39, 0.29) is 5.56 Å². The highest BCUT2D eigenvalue weighted by atomic mass is 19.1. The van der Waals surface area contributed by atoms with Gasteiger partial charge in [-0.1, -0.05) is 0 Å². The zero-order valence-corrected chi connectivity index (χ0v) is 13.1. The Bertz CT molecular complexity index is 813. The van der Waals surface area contributed by atoms with E-state index < -0.39 is 45.9 Å². The number of nitrogens with two attached hydrogens (primary N) is 1. The quantitative estimate of drug-likeness (QED) is 0.887. The van der Waals surface area contributed by atoms with E-state index in [0.29, 0.717) is 26.1 Å². The number of aromatic carboxylic acids is 1. The summed E-state index contributed by atoms with van der Waals surface area (Å²) in [4.78, 5) is 14.5. The van der Waals surface area contributed by atoms with Crippen molar-refractivity contribution in [2.45, 2.75) is 18.4 Å². The number of nitrogens with zero attached hydrogens (tertiary/aromatic N) is 1. The summed E-state index contributed by atoms with van der Waals surface area (Å²) in [6.45, 7) is 0.747. The Hall–Kier alpha value is -2.45. The minimum atomic E-state index is -1.43. The van der Waals surface area contributed by atoms with E-state index in [4.69, 9.17) is 15.6 Å². The normalized spacial score (nSPS) is 16.6. The fourth-order valence-corrected chi connectivity index (χ4v) is 2.85. The summed E-state index contributed by atoms with van der Waals surface area (Å²) >= 11 is 0. The van der Waals surface area contributed by atoms with Gasteiger partial charge in [-0.2, -0.15) is 0 Å². The predicted octanol–water partition coefficient (Wildman–Crippen LogP) is 2.83. The summed E-state index contributed by atoms with van der Waals surface area (Å²) in [6, 6.07) is 3.81. The number of benzene rings is 1. The van der Waals surface area contributed by atoms with Crippen molar-refractivity contribution in [3.05, 3.63) is 53.0 Å². The molecule has 0 radical (unpaired) electrons. The van der Waals surface area contributed by atoms with Crippen molar-refractivity contribution in [3.63, 3.8) is 0 Å². The average Bonchev–Trinajstić information content (AvgIpc) is 2.56. The van der Waals surface area contributed by atoms with Crippen molar-refractivity contribution < 1.29 is 27.8 Å². The first-order valence-corrected chi connectivity index (χ1v) is 7.58. The van der Waals surface area contributed by atoms with E-state index in [0.717, 1.165) is 24.3 Å². The van der Waals surface area contributed by atoms with E-state index >= 15 is 0 Å². The van der Waals surface area contributed by atoms with Gasteiger partial charge in [0.25, 0.3) is 0 Å². The zero-order valence-electron chi connectivity index (χ0n) is 13.1. The Kier molecular flexibility index (Phi) is 4.49. The molecular weight excluding hydrogens is 337 g/mol. The van der Waals surface area contributed by atoms with Gasteiger partial charge < -0.3 is 15.6 Å². The summed E-state index contributed by atoms with van der Waals surface area (Å²) < 4.78 is 48.3. The van der Waals surface area contributed by atoms with Gasteiger partial charge in [0.15, 0.2) is 0 Å². The Balaban J connectivity index is 2.10. The second-order valence-corrected chi connectivity index (χ2v) is 5.92. The summed E-state index contributed by atoms with van der Waals surface area (Å²) in [5.41, 5.74) is 3.59. The van der Waals surface area contributed by atoms with Gasteiger partial charge in [0, 0.05) is 18.8 Å². The van der Waals surface area contributed by atoms with E-state index in [1.807, 2.05) is 0 Å². The van der Waals surface area contributed by atoms with Crippen LogP contribution >= 0.6 is 0 Å². The van der Waals surface area contributed by atoms with Gasteiger partial charge in [-0.25, -0.2) is 22.9 Å². The molecular formula is C17H15F3N2O3. The summed E-state index contributed by atoms with van der Waals surface area (Å²) in [5.74, 6) is -4.56. The van der Waals surface area contributed by atoms with E-state index in [1.165, 1.54) is 0 Å². The number of carbonyl (C=O) groups is 1. The second kappa shape index (κ2) is 6.45. The third-order valence-electron chi connectivity index (χ3n) is 4.30. The van der Waals surface area contributed by atoms with Crippen molar-refractivity contribution in [1.82, 2.24) is 4.98 Å². The molecule has 0 aliphatic carbocycles. The van der Waals surface area contributed by atoms with Crippen molar-refractivity contribution >= 4 is 5.97 Å². The highest BCUT2D eigenvalue weighted by Crippen LogP contribution is 2.34. The molecule has 0 spiro atoms. The second-order valence-electron chi connectivity index (χ2n) is 5.92. The summed E-state index contributed by atoms with van der Waals surface area (Å²) in [6.07, 6.45) is 0.790. The molecule has 3 rings (SSSR count). The topological polar surface area (TPSA) is 85.4 Å². The monoisotopic (exact) mass is 352 g/mol. The van der Waals surface area contributed by atoms with Crippen LogP contribution in [-0.2, 0) is 10.3 Å². The molecule has 0 atom stereocenters. The number of aromatic nitrogens is 1. The van der Waals surface area contributed by atoms with Crippen LogP contribution in [0.25, 0.3) is 11.3 Å². The van der Waals surface area contributed by atoms with E-state index in [9.17, 15) is 18.0 Å². The molecule has 132 valence electrons. The van der Waals surface area contributed by atoms with Crippen LogP contribution in [0.1, 0.15) is 28.9 Å². The lowest BCUT2D eigenvalue weighted by Gasteiger charge is -2.34. The van der Waals surface area contributed by atoms with Crippen molar-refractivity contribution in [1.29, 1.82) is 0 Å². The predicted molar refractivity (Wildman–Crippen MR) is 82.4 cm³/mol. The largest absolute Gasteiger partial charge is 0.477 e. The maximum absolute atomic E-state index is 14.6. The van der Waals surface area contributed by atoms with Gasteiger partial charge in [-0.15, -0.1) is 0 Å². The number of hydrogen-bond donors (Lipinski definition) is 2. The molecule has 2 aromatic rings. The maximum atomic E-state index is 14.6. The fourth-order valence-electron chi connectivity index (χ4n) is 2.85. The SMILES string of the molecule is NC1(c2cc(F)c(-c3nc(C(=O)O)ccc3F)c(F)c2)CCOCC1. The molecule has 3 N–H and O–H groups in total. The molecule has 1 aromatic heterocycles. The van der Waals surface area contributed by atoms with E-state index in [2.05, 4.69) is 4.98 Å². The average molecular weight is 352 g/mol. The van der Waals surface area contributed by atoms with Crippen LogP contribution in [-0.4, -0.2) is 29.3 Å². The van der Waals surface area contributed by atoms with Gasteiger partial charge in [0.1, 0.15) is 28.8 Å². The number of pyridine rings is 1. The van der Waals surface area contributed by atoms with Crippen LogP contribution < -0.4 is 5.73 Å². The first kappa shape index (κ1) is 17.4. The molecule has 1 aliphatic heterocycles. The molecule has 1 saturated heterocycles. The smallest absolute Gasteiger partial charge is 0.354 e. The molecule has 5 nitrogen and oxygen atoms in total. The lowest BCUT2D eigenvalue weighted by atomic mass is 9.83. The minimum Gasteiger partial charge on any atom is -0.477 e. The number of carboxylic acids is 1. The number of rotatable bonds is 3. The van der Waals surface area contributed by atoms with Crippen LogP contribution in [0, 0.1) is 17.5 Å². The first-order chi connectivity index (χ1) is 11.8. The maximum Gasteiger partial charge on any atom is 0.354 e. The number of carboxylic acid groups (broad SMARTS) is 1. The summed E-state index contributed by atoms with van der Waals surface area (Å²) in [7, 11) is 0. The van der Waals surface area contributed by atoms with Crippen LogP contribution in [0.3, 0.4) is 0 Å². The van der Waals surface area contributed by atoms with Crippen LogP contribution in [0.4, 0.5) is 13.2 Å². The number of halogens is 3. The van der Waals surface area contributed by atoms with Gasteiger partial charge in [-0.3, -0.25) is 0 Å². The third kappa shape index (κ3) is 3.22. The molecule has 2 heterocycles. The van der Waals surface area contributed by atoms with Gasteiger partial charge in [0.2, 0.25) is 0 Å². The van der Waals surface area contributed by atoms with Crippen LogP contribution in [0.2, 0.25) is 0 Å². The van der Waals surface area contributed by atoms with Crippen LogP contribution in [0.15, 0.2) is 24.3 Å². The molecule has 25 heavy (non-hydrogen) atoms. The Morgan fingerprint density at radius 2 is 1.72 bits per heavy atom. The first-order valence-electron chi connectivity index (χ1n) is 7.58. The lowest BCUT2D eigenvalue weighted by molar-refractivity contribution is 0.0520. The fraction of sp³-hybridized carbons (Fsp3) is 0.294. The highest BCUT2D eigenvalue weighted by Gasteiger charge is 2.32. The third-order valence-corrected chi connectivity index (χ3v) is 4.30. The standard InChI is InChI=1S/C17H15F3N2O3/c18-10-1-2-13(16(23)24)22-15(10)14-11(19)7-9(8-12(14)20)17(21)3-5-25-6-4-17/h1-2,7-8H,3-6,21H2,(H,23,24). The van der Waals surface area contributed by atoms with Crippen molar-refractivity contribution in [2.75, 3.05) is 13.2 Å². The Morgan fingerprint density at radius 1 is 1.12 bits per heavy atom. The zero-order chi connectivity index (χ0) is 18.2. The van der Waals surface area contributed by atoms with Gasteiger partial charge in [0.05, 0.1) is 5.56 Å². The number of hydrogen-bond acceptors (Lipinski definition) is 4. The lowest BCUT2D eigenvalue weighted by Crippen LogP contribution is -2.42. The van der Waals surface area contributed by atoms with Gasteiger partial charge in [-0.05, 0) is 42.7 Å². The molecule has 0 saturated carbocycles. The molecule has 0 unspecified atom stereocenters. The molecule has 1 aromatic carbocycles. The summed E-state index contributed by atoms with van der Waals surface area (Å²) in [5, 5.41) is 8.93. The molecule has 0 bridgehead atoms. The molecule has 8 heteroatoms. The molecule has 1 aliphatic rings. The van der Waals surface area contributed by atoms with Crippen LogP contribution in [0.5, 0.6) is 0 Å². The Morgan fingerprint density at radius 3 is 2.28 bits per heavy atom. The molecule has 1 fully saturated rings. The number of ether oxygens (including phenoxy) is 1. The highest BCUT2D eigenvalue weighted by molar-refractivity contribution is 5.86. The minimum absolute atomic E-state index is 0.240. The van der Waals surface area contributed by atoms with Crippen molar-refractivity contribution in [3.8, 4) is 11.3 Å².